The molecule has 3 N–H and O–H groups in total. The number of quaternary nitrogens is 1. The number of nitrogens with one attached hydrogen (secondary N) is 1. The fraction of sp³-hybridized carbons (Fsp3) is 0.707. The van der Waals surface area contributed by atoms with Crippen LogP contribution in [0.3, 0.4) is 0 Å². The van der Waals surface area contributed by atoms with Crippen molar-refractivity contribution in [3.05, 3.63) is 97.2 Å². The Kier molecular flexibility index (Phi) is 46.6. The van der Waals surface area contributed by atoms with E-state index in [0.717, 1.165) is 77.0 Å². The number of hydrogen-bond donors (Lipinski definition) is 3. The summed E-state index contributed by atoms with van der Waals surface area (Å²) in [6.07, 6.45) is 69.4. The highest BCUT2D eigenvalue weighted by Gasteiger charge is 2.27. The number of amides is 1. The lowest BCUT2D eigenvalue weighted by Gasteiger charge is -2.25. The number of phosphoric acid groups is 1. The lowest BCUT2D eigenvalue weighted by atomic mass is 10.0. The molecule has 0 radical (unpaired) electrons. The van der Waals surface area contributed by atoms with Crippen LogP contribution < -0.4 is 5.32 Å². The molecule has 0 aliphatic carbocycles. The zero-order chi connectivity index (χ0) is 49.2. The minimum Gasteiger partial charge on any atom is -0.387 e. The van der Waals surface area contributed by atoms with Crippen LogP contribution in [0.5, 0.6) is 0 Å². The first-order valence-corrected chi connectivity index (χ1v) is 28.6. The van der Waals surface area contributed by atoms with Crippen molar-refractivity contribution in [1.82, 2.24) is 5.32 Å². The lowest BCUT2D eigenvalue weighted by Crippen LogP contribution is -2.45. The number of carbonyl (C=O) groups excluding carboxylic acids is 1. The highest BCUT2D eigenvalue weighted by Crippen LogP contribution is 2.43. The lowest BCUT2D eigenvalue weighted by molar-refractivity contribution is -0.870. The molecular formula is C58H104N2O6P+. The normalized spacial score (nSPS) is 14.8. The van der Waals surface area contributed by atoms with Crippen molar-refractivity contribution in [3.8, 4) is 0 Å². The number of aliphatic hydroxyl groups is 1. The van der Waals surface area contributed by atoms with Crippen LogP contribution in [0.25, 0.3) is 0 Å². The SMILES string of the molecule is CC/C=C\C/C=C\C/C=C\C/C=C\C/C=C\CCCCCCCCCCCCCCCCCC(=O)NC(COP(=O)(O)OCC[N+](C)(C)C)C(O)/C=C/CC/C=C/CC/C=C/CCCCCC. The second-order valence-electron chi connectivity index (χ2n) is 19.2. The van der Waals surface area contributed by atoms with E-state index in [1.807, 2.05) is 27.2 Å². The molecule has 67 heavy (non-hydrogen) atoms. The van der Waals surface area contributed by atoms with Crippen molar-refractivity contribution in [1.29, 1.82) is 0 Å². The number of hydrogen-bond acceptors (Lipinski definition) is 5. The number of rotatable bonds is 48. The van der Waals surface area contributed by atoms with E-state index in [2.05, 4.69) is 104 Å². The number of likely N-dealkylation sites (N-methyl/N-ethyl adjacent to an activating group) is 1. The third-order valence-corrected chi connectivity index (χ3v) is 12.5. The Morgan fingerprint density at radius 3 is 1.37 bits per heavy atom. The van der Waals surface area contributed by atoms with Gasteiger partial charge in [-0.25, -0.2) is 4.57 Å². The number of nitrogens with zero attached hydrogens (tertiary/aromatic N) is 1. The maximum atomic E-state index is 12.9. The van der Waals surface area contributed by atoms with Gasteiger partial charge in [-0.2, -0.15) is 0 Å². The molecule has 0 aliphatic rings. The van der Waals surface area contributed by atoms with E-state index < -0.39 is 20.0 Å². The molecule has 0 heterocycles. The van der Waals surface area contributed by atoms with E-state index in [0.29, 0.717) is 17.4 Å². The quantitative estimate of drug-likeness (QED) is 0.0243. The molecule has 0 rings (SSSR count). The molecule has 0 fully saturated rings. The van der Waals surface area contributed by atoms with Crippen LogP contribution in [-0.4, -0.2) is 73.4 Å². The fourth-order valence-corrected chi connectivity index (χ4v) is 8.01. The van der Waals surface area contributed by atoms with Gasteiger partial charge in [-0.05, 0) is 89.9 Å². The molecule has 0 aliphatic heterocycles. The van der Waals surface area contributed by atoms with Gasteiger partial charge in [0.1, 0.15) is 13.2 Å². The van der Waals surface area contributed by atoms with Gasteiger partial charge in [-0.3, -0.25) is 13.8 Å². The third-order valence-electron chi connectivity index (χ3n) is 11.5. The molecule has 3 atom stereocenters. The van der Waals surface area contributed by atoms with Gasteiger partial charge in [0.05, 0.1) is 39.9 Å². The van der Waals surface area contributed by atoms with Gasteiger partial charge >= 0.3 is 7.82 Å². The highest BCUT2D eigenvalue weighted by atomic mass is 31.2. The zero-order valence-corrected chi connectivity index (χ0v) is 44.8. The molecule has 386 valence electrons. The maximum Gasteiger partial charge on any atom is 0.472 e. The van der Waals surface area contributed by atoms with Crippen molar-refractivity contribution in [3.63, 3.8) is 0 Å². The van der Waals surface area contributed by atoms with Crippen LogP contribution >= 0.6 is 7.82 Å². The monoisotopic (exact) mass is 956 g/mol. The summed E-state index contributed by atoms with van der Waals surface area (Å²) in [5, 5.41) is 13.8. The Balaban J connectivity index is 4.17. The Morgan fingerprint density at radius 1 is 0.522 bits per heavy atom. The molecular weight excluding hydrogens is 852 g/mol. The van der Waals surface area contributed by atoms with Gasteiger partial charge in [-0.15, -0.1) is 0 Å². The van der Waals surface area contributed by atoms with Crippen LogP contribution in [0.15, 0.2) is 97.2 Å². The van der Waals surface area contributed by atoms with E-state index in [1.54, 1.807) is 6.08 Å². The first kappa shape index (κ1) is 64.4. The van der Waals surface area contributed by atoms with E-state index in [-0.39, 0.29) is 19.1 Å². The molecule has 0 saturated carbocycles. The molecule has 0 saturated heterocycles. The summed E-state index contributed by atoms with van der Waals surface area (Å²) in [7, 11) is 1.54. The third kappa shape index (κ3) is 51.1. The minimum atomic E-state index is -4.36. The summed E-state index contributed by atoms with van der Waals surface area (Å²) in [6.45, 7) is 4.64. The molecule has 0 spiro atoms. The summed E-state index contributed by atoms with van der Waals surface area (Å²) in [5.74, 6) is -0.195. The number of allylic oxidation sites excluding steroid dienone is 15. The van der Waals surface area contributed by atoms with E-state index in [1.165, 1.54) is 116 Å². The van der Waals surface area contributed by atoms with E-state index in [4.69, 9.17) is 9.05 Å². The molecule has 9 heteroatoms. The van der Waals surface area contributed by atoms with Crippen molar-refractivity contribution >= 4 is 13.7 Å². The number of unbranched alkanes of at least 4 members (excludes halogenated alkanes) is 21. The molecule has 0 aromatic rings. The first-order chi connectivity index (χ1) is 32.5. The van der Waals surface area contributed by atoms with Crippen LogP contribution in [0.1, 0.15) is 213 Å². The Hall–Kier alpha value is -2.58. The van der Waals surface area contributed by atoms with Crippen molar-refractivity contribution in [2.75, 3.05) is 40.9 Å². The highest BCUT2D eigenvalue weighted by molar-refractivity contribution is 7.47. The van der Waals surface area contributed by atoms with Gasteiger partial charge in [-0.1, -0.05) is 214 Å². The predicted molar refractivity (Wildman–Crippen MR) is 290 cm³/mol. The average Bonchev–Trinajstić information content (AvgIpc) is 3.29. The summed E-state index contributed by atoms with van der Waals surface area (Å²) in [5.41, 5.74) is 0. The molecule has 0 aromatic heterocycles. The number of phosphoric ester groups is 1. The number of aliphatic hydroxyl groups excluding tert-OH is 1. The van der Waals surface area contributed by atoms with Crippen molar-refractivity contribution in [2.45, 2.75) is 225 Å². The van der Waals surface area contributed by atoms with Crippen molar-refractivity contribution < 1.29 is 32.9 Å². The molecule has 3 unspecified atom stereocenters. The van der Waals surface area contributed by atoms with Crippen LogP contribution in [0.2, 0.25) is 0 Å². The van der Waals surface area contributed by atoms with Crippen LogP contribution in [-0.2, 0) is 18.4 Å². The van der Waals surface area contributed by atoms with Crippen molar-refractivity contribution in [2.24, 2.45) is 0 Å². The Labute approximate surface area is 413 Å². The number of carbonyl (C=O) groups is 1. The summed E-state index contributed by atoms with van der Waals surface area (Å²) >= 11 is 0. The topological polar surface area (TPSA) is 105 Å². The molecule has 0 aromatic carbocycles. The largest absolute Gasteiger partial charge is 0.472 e. The van der Waals surface area contributed by atoms with Crippen LogP contribution in [0.4, 0.5) is 0 Å². The zero-order valence-electron chi connectivity index (χ0n) is 43.9. The van der Waals surface area contributed by atoms with Gasteiger partial charge in [0.25, 0.3) is 0 Å². The Morgan fingerprint density at radius 2 is 0.910 bits per heavy atom. The minimum absolute atomic E-state index is 0.0499. The van der Waals surface area contributed by atoms with E-state index >= 15 is 0 Å². The van der Waals surface area contributed by atoms with Crippen LogP contribution in [0, 0.1) is 0 Å². The molecule has 0 bridgehead atoms. The van der Waals surface area contributed by atoms with Gasteiger partial charge in [0.15, 0.2) is 0 Å². The average molecular weight is 956 g/mol. The molecule has 8 nitrogen and oxygen atoms in total. The van der Waals surface area contributed by atoms with Gasteiger partial charge < -0.3 is 19.8 Å². The second-order valence-corrected chi connectivity index (χ2v) is 20.7. The maximum absolute atomic E-state index is 12.9. The standard InChI is InChI=1S/C58H103N2O6P/c1-6-8-10-12-14-16-18-20-22-23-24-25-26-27-28-29-30-31-32-33-34-35-36-37-38-40-42-44-46-48-50-52-58(62)59-56(55-66-67(63,64)65-54-53-60(3,4)5)57(61)51-49-47-45-43-41-39-21-19-17-15-13-11-9-7-2/h8,10,14,16-17,19-20,22,24-25,27-28,41,43,49,51,56-57,61H,6-7,9,11-13,15,18,21,23,26,29-40,42,44-48,50,52-55H2,1-5H3,(H-,59,62,63,64)/p+1/b10-8-,16-14-,19-17+,22-20-,25-24-,28-27-,43-41+,51-49+. The predicted octanol–water partition coefficient (Wildman–Crippen LogP) is 16.3. The fourth-order valence-electron chi connectivity index (χ4n) is 7.28. The first-order valence-electron chi connectivity index (χ1n) is 27.1. The smallest absolute Gasteiger partial charge is 0.387 e. The van der Waals surface area contributed by atoms with E-state index in [9.17, 15) is 19.4 Å². The summed E-state index contributed by atoms with van der Waals surface area (Å²) in [4.78, 5) is 23.2. The van der Waals surface area contributed by atoms with Gasteiger partial charge in [0, 0.05) is 6.42 Å². The second kappa shape index (κ2) is 48.4. The molecule has 1 amide bonds. The van der Waals surface area contributed by atoms with Gasteiger partial charge in [0.2, 0.25) is 5.91 Å². The summed E-state index contributed by atoms with van der Waals surface area (Å²) in [6, 6.07) is -0.874. The summed E-state index contributed by atoms with van der Waals surface area (Å²) < 4.78 is 23.6. The Bertz CT molecular complexity index is 1410.